The fraction of sp³-hybridized carbons (Fsp3) is 0.647. The number of aryl methyl sites for hydroxylation is 1. The van der Waals surface area contributed by atoms with Crippen molar-refractivity contribution in [1.82, 2.24) is 4.90 Å². The number of nitrogens with one attached hydrogen (secondary N) is 1. The molecule has 106 valence electrons. The molecule has 2 unspecified atom stereocenters. The Balaban J connectivity index is 2.00. The van der Waals surface area contributed by atoms with Gasteiger partial charge >= 0.3 is 0 Å². The lowest BCUT2D eigenvalue weighted by atomic mass is 9.91. The van der Waals surface area contributed by atoms with Crippen LogP contribution in [0.3, 0.4) is 0 Å². The first-order chi connectivity index (χ1) is 9.11. The van der Waals surface area contributed by atoms with Crippen LogP contribution in [0.25, 0.3) is 0 Å². The minimum Gasteiger partial charge on any atom is -0.382 e. The predicted molar refractivity (Wildman–Crippen MR) is 83.8 cm³/mol. The van der Waals surface area contributed by atoms with Crippen molar-refractivity contribution >= 4 is 5.69 Å². The third kappa shape index (κ3) is 3.50. The first kappa shape index (κ1) is 14.4. The molecular weight excluding hydrogens is 232 g/mol. The van der Waals surface area contributed by atoms with Gasteiger partial charge < -0.3 is 10.2 Å². The van der Waals surface area contributed by atoms with E-state index in [1.54, 1.807) is 0 Å². The maximum atomic E-state index is 3.74. The highest BCUT2D eigenvalue weighted by Gasteiger charge is 2.23. The first-order valence-electron chi connectivity index (χ1n) is 7.67. The Kier molecular flexibility index (Phi) is 4.87. The van der Waals surface area contributed by atoms with Crippen molar-refractivity contribution < 1.29 is 0 Å². The van der Waals surface area contributed by atoms with Crippen LogP contribution in [0.4, 0.5) is 5.69 Å². The van der Waals surface area contributed by atoms with Crippen molar-refractivity contribution in [3.05, 3.63) is 29.3 Å². The summed E-state index contributed by atoms with van der Waals surface area (Å²) in [6, 6.07) is 7.09. The third-order valence-corrected chi connectivity index (χ3v) is 4.68. The Morgan fingerprint density at radius 1 is 1.37 bits per heavy atom. The van der Waals surface area contributed by atoms with Gasteiger partial charge in [-0.3, -0.25) is 0 Å². The normalized spacial score (nSPS) is 22.2. The van der Waals surface area contributed by atoms with Gasteiger partial charge in [-0.25, -0.2) is 0 Å². The summed E-state index contributed by atoms with van der Waals surface area (Å²) in [4.78, 5) is 2.58. The topological polar surface area (TPSA) is 15.3 Å². The van der Waals surface area contributed by atoms with Gasteiger partial charge in [0.1, 0.15) is 0 Å². The molecule has 0 radical (unpaired) electrons. The van der Waals surface area contributed by atoms with E-state index in [1.807, 2.05) is 0 Å². The fourth-order valence-electron chi connectivity index (χ4n) is 3.06. The molecule has 1 aliphatic heterocycles. The van der Waals surface area contributed by atoms with Crippen molar-refractivity contribution in [2.75, 3.05) is 25.0 Å². The molecule has 1 saturated heterocycles. The molecule has 1 N–H and O–H groups in total. The van der Waals surface area contributed by atoms with E-state index in [9.17, 15) is 0 Å². The summed E-state index contributed by atoms with van der Waals surface area (Å²) in [5, 5.41) is 3.74. The molecular formula is C17H28N2. The Hall–Kier alpha value is -1.02. The highest BCUT2D eigenvalue weighted by Crippen LogP contribution is 2.24. The average Bonchev–Trinajstić information content (AvgIpc) is 2.44. The molecule has 1 fully saturated rings. The van der Waals surface area contributed by atoms with Crippen molar-refractivity contribution in [3.63, 3.8) is 0 Å². The Bertz CT molecular complexity index is 414. The maximum absolute atomic E-state index is 3.74. The number of hydrogen-bond donors (Lipinski definition) is 1. The largest absolute Gasteiger partial charge is 0.382 e. The van der Waals surface area contributed by atoms with E-state index in [-0.39, 0.29) is 0 Å². The lowest BCUT2D eigenvalue weighted by molar-refractivity contribution is 0.172. The lowest BCUT2D eigenvalue weighted by Crippen LogP contribution is -2.41. The molecule has 1 aromatic rings. The molecule has 0 aromatic heterocycles. The van der Waals surface area contributed by atoms with Crippen LogP contribution < -0.4 is 5.32 Å². The number of rotatable bonds is 4. The monoisotopic (exact) mass is 260 g/mol. The molecule has 1 aromatic carbocycles. The smallest absolute Gasteiger partial charge is 0.0374 e. The summed E-state index contributed by atoms with van der Waals surface area (Å²) in [6.45, 7) is 12.7. The van der Waals surface area contributed by atoms with Crippen molar-refractivity contribution in [3.8, 4) is 0 Å². The van der Waals surface area contributed by atoms with Gasteiger partial charge in [-0.1, -0.05) is 19.1 Å². The van der Waals surface area contributed by atoms with Gasteiger partial charge in [-0.2, -0.15) is 0 Å². The van der Waals surface area contributed by atoms with Crippen molar-refractivity contribution in [2.24, 2.45) is 5.92 Å². The van der Waals surface area contributed by atoms with E-state index in [0.717, 1.165) is 5.92 Å². The third-order valence-electron chi connectivity index (χ3n) is 4.68. The maximum Gasteiger partial charge on any atom is 0.0374 e. The Labute approximate surface area is 118 Å². The second kappa shape index (κ2) is 6.42. The van der Waals surface area contributed by atoms with Gasteiger partial charge in [0, 0.05) is 18.3 Å². The zero-order valence-electron chi connectivity index (χ0n) is 12.9. The SMILES string of the molecule is CCN1CCCC(C(C)Nc2cccc(C)c2C)C1. The average molecular weight is 260 g/mol. The molecule has 0 amide bonds. The number of likely N-dealkylation sites (tertiary alicyclic amines) is 1. The molecule has 0 bridgehead atoms. The zero-order chi connectivity index (χ0) is 13.8. The first-order valence-corrected chi connectivity index (χ1v) is 7.67. The standard InChI is InChI=1S/C17H28N2/c1-5-19-11-7-9-16(12-19)15(4)18-17-10-6-8-13(2)14(17)3/h6,8,10,15-16,18H,5,7,9,11-12H2,1-4H3. The molecule has 2 nitrogen and oxygen atoms in total. The number of benzene rings is 1. The minimum atomic E-state index is 0.551. The van der Waals surface area contributed by atoms with E-state index < -0.39 is 0 Å². The lowest BCUT2D eigenvalue weighted by Gasteiger charge is -2.36. The highest BCUT2D eigenvalue weighted by atomic mass is 15.1. The van der Waals surface area contributed by atoms with E-state index in [4.69, 9.17) is 0 Å². The summed E-state index contributed by atoms with van der Waals surface area (Å²) in [7, 11) is 0. The van der Waals surface area contributed by atoms with E-state index in [0.29, 0.717) is 6.04 Å². The van der Waals surface area contributed by atoms with Crippen LogP contribution >= 0.6 is 0 Å². The van der Waals surface area contributed by atoms with Crippen molar-refractivity contribution in [2.45, 2.75) is 46.6 Å². The van der Waals surface area contributed by atoms with Crippen LogP contribution in [0.15, 0.2) is 18.2 Å². The zero-order valence-corrected chi connectivity index (χ0v) is 12.9. The fourth-order valence-corrected chi connectivity index (χ4v) is 3.06. The van der Waals surface area contributed by atoms with Gasteiger partial charge in [-0.05, 0) is 69.8 Å². The second-order valence-electron chi connectivity index (χ2n) is 5.98. The summed E-state index contributed by atoms with van der Waals surface area (Å²) < 4.78 is 0. The molecule has 0 spiro atoms. The van der Waals surface area contributed by atoms with Crippen molar-refractivity contribution in [1.29, 1.82) is 0 Å². The molecule has 0 saturated carbocycles. The van der Waals surface area contributed by atoms with Crippen LogP contribution in [0.1, 0.15) is 37.8 Å². The second-order valence-corrected chi connectivity index (χ2v) is 5.98. The summed E-state index contributed by atoms with van der Waals surface area (Å²) in [5.74, 6) is 0.772. The van der Waals surface area contributed by atoms with Gasteiger partial charge in [0.15, 0.2) is 0 Å². The molecule has 2 atom stereocenters. The van der Waals surface area contributed by atoms with Crippen LogP contribution in [0.5, 0.6) is 0 Å². The molecule has 2 rings (SSSR count). The minimum absolute atomic E-state index is 0.551. The van der Waals surface area contributed by atoms with Crippen LogP contribution in [0.2, 0.25) is 0 Å². The Morgan fingerprint density at radius 2 is 2.16 bits per heavy atom. The highest BCUT2D eigenvalue weighted by molar-refractivity contribution is 5.54. The van der Waals surface area contributed by atoms with E-state index in [2.05, 4.69) is 56.1 Å². The number of piperidine rings is 1. The van der Waals surface area contributed by atoms with E-state index in [1.165, 1.54) is 49.3 Å². The molecule has 0 aliphatic carbocycles. The van der Waals surface area contributed by atoms with E-state index >= 15 is 0 Å². The summed E-state index contributed by atoms with van der Waals surface area (Å²) >= 11 is 0. The number of anilines is 1. The van der Waals surface area contributed by atoms with Crippen LogP contribution in [-0.4, -0.2) is 30.6 Å². The molecule has 19 heavy (non-hydrogen) atoms. The van der Waals surface area contributed by atoms with Gasteiger partial charge in [0.05, 0.1) is 0 Å². The van der Waals surface area contributed by atoms with Gasteiger partial charge in [-0.15, -0.1) is 0 Å². The number of nitrogens with zero attached hydrogens (tertiary/aromatic N) is 1. The van der Waals surface area contributed by atoms with Gasteiger partial charge in [0.2, 0.25) is 0 Å². The molecule has 2 heteroatoms. The van der Waals surface area contributed by atoms with Gasteiger partial charge in [0.25, 0.3) is 0 Å². The molecule has 1 aliphatic rings. The predicted octanol–water partition coefficient (Wildman–Crippen LogP) is 3.84. The quantitative estimate of drug-likeness (QED) is 0.885. The van der Waals surface area contributed by atoms with Crippen LogP contribution in [0, 0.1) is 19.8 Å². The Morgan fingerprint density at radius 3 is 2.89 bits per heavy atom. The number of hydrogen-bond acceptors (Lipinski definition) is 2. The van der Waals surface area contributed by atoms with Crippen LogP contribution in [-0.2, 0) is 0 Å². The summed E-state index contributed by atoms with van der Waals surface area (Å²) in [5.41, 5.74) is 4.06. The molecule has 1 heterocycles. The summed E-state index contributed by atoms with van der Waals surface area (Å²) in [6.07, 6.45) is 2.70.